The summed E-state index contributed by atoms with van der Waals surface area (Å²) in [5.41, 5.74) is 1.08. The van der Waals surface area contributed by atoms with Gasteiger partial charge >= 0.3 is 0 Å². The van der Waals surface area contributed by atoms with E-state index in [0.717, 1.165) is 0 Å². The molecule has 1 heterocycles. The first kappa shape index (κ1) is 16.3. The summed E-state index contributed by atoms with van der Waals surface area (Å²) in [7, 11) is 0. The molecule has 20 heavy (non-hydrogen) atoms. The van der Waals surface area contributed by atoms with Gasteiger partial charge in [0.25, 0.3) is 0 Å². The average molecular weight is 280 g/mol. The van der Waals surface area contributed by atoms with Gasteiger partial charge in [-0.3, -0.25) is 0 Å². The van der Waals surface area contributed by atoms with Gasteiger partial charge in [-0.2, -0.15) is 0 Å². The number of nitrogens with one attached hydrogen (secondary N) is 1. The van der Waals surface area contributed by atoms with Crippen molar-refractivity contribution in [3.8, 4) is 0 Å². The molecular formula is C18H36N2. The molecule has 0 aromatic carbocycles. The SMILES string of the molecule is CC(C)NCC1(CN2CCCC(C)(C)C2)CCCCC1. The van der Waals surface area contributed by atoms with Crippen LogP contribution in [0, 0.1) is 10.8 Å². The Bertz CT molecular complexity index is 290. The largest absolute Gasteiger partial charge is 0.314 e. The van der Waals surface area contributed by atoms with Crippen molar-refractivity contribution in [1.29, 1.82) is 0 Å². The summed E-state index contributed by atoms with van der Waals surface area (Å²) in [4.78, 5) is 2.77. The van der Waals surface area contributed by atoms with Crippen LogP contribution in [0.2, 0.25) is 0 Å². The number of nitrogens with zero attached hydrogens (tertiary/aromatic N) is 1. The lowest BCUT2D eigenvalue weighted by Crippen LogP contribution is -2.50. The molecule has 1 N–H and O–H groups in total. The summed E-state index contributed by atoms with van der Waals surface area (Å²) in [5.74, 6) is 0. The lowest BCUT2D eigenvalue weighted by molar-refractivity contribution is 0.0478. The second-order valence-corrected chi connectivity index (χ2v) is 8.57. The van der Waals surface area contributed by atoms with Gasteiger partial charge in [-0.25, -0.2) is 0 Å². The zero-order chi connectivity index (χ0) is 14.6. The molecule has 2 fully saturated rings. The van der Waals surface area contributed by atoms with Gasteiger partial charge in [0.2, 0.25) is 0 Å². The number of piperidine rings is 1. The molecule has 0 radical (unpaired) electrons. The molecule has 0 aromatic heterocycles. The van der Waals surface area contributed by atoms with Gasteiger partial charge in [0.1, 0.15) is 0 Å². The fraction of sp³-hybridized carbons (Fsp3) is 1.00. The quantitative estimate of drug-likeness (QED) is 0.817. The average Bonchev–Trinajstić information content (AvgIpc) is 2.36. The van der Waals surface area contributed by atoms with Gasteiger partial charge in [0.05, 0.1) is 0 Å². The Balaban J connectivity index is 1.96. The minimum atomic E-state index is 0.527. The van der Waals surface area contributed by atoms with Crippen LogP contribution in [0.3, 0.4) is 0 Å². The van der Waals surface area contributed by atoms with E-state index in [2.05, 4.69) is 37.9 Å². The van der Waals surface area contributed by atoms with Gasteiger partial charge in [-0.1, -0.05) is 47.0 Å². The summed E-state index contributed by atoms with van der Waals surface area (Å²) in [6.45, 7) is 14.6. The van der Waals surface area contributed by atoms with E-state index in [0.29, 0.717) is 16.9 Å². The van der Waals surface area contributed by atoms with Crippen molar-refractivity contribution in [1.82, 2.24) is 10.2 Å². The summed E-state index contributed by atoms with van der Waals surface area (Å²) in [5, 5.41) is 3.74. The topological polar surface area (TPSA) is 15.3 Å². The first-order valence-electron chi connectivity index (χ1n) is 8.87. The van der Waals surface area contributed by atoms with Gasteiger partial charge in [-0.15, -0.1) is 0 Å². The normalized spacial score (nSPS) is 26.9. The fourth-order valence-electron chi connectivity index (χ4n) is 4.27. The maximum absolute atomic E-state index is 3.74. The monoisotopic (exact) mass is 280 g/mol. The Labute approximate surface area is 126 Å². The number of likely N-dealkylation sites (tertiary alicyclic amines) is 1. The first-order chi connectivity index (χ1) is 9.41. The Morgan fingerprint density at radius 3 is 2.30 bits per heavy atom. The molecule has 2 heteroatoms. The van der Waals surface area contributed by atoms with Crippen LogP contribution in [0.1, 0.15) is 72.6 Å². The minimum absolute atomic E-state index is 0.527. The third-order valence-corrected chi connectivity index (χ3v) is 5.34. The van der Waals surface area contributed by atoms with Gasteiger partial charge in [-0.05, 0) is 43.1 Å². The molecule has 0 aromatic rings. The van der Waals surface area contributed by atoms with Crippen molar-refractivity contribution in [3.63, 3.8) is 0 Å². The zero-order valence-corrected chi connectivity index (χ0v) is 14.3. The molecule has 0 amide bonds. The predicted octanol–water partition coefficient (Wildman–Crippen LogP) is 4.06. The van der Waals surface area contributed by atoms with Crippen molar-refractivity contribution < 1.29 is 0 Å². The van der Waals surface area contributed by atoms with E-state index < -0.39 is 0 Å². The second kappa shape index (κ2) is 6.79. The third-order valence-electron chi connectivity index (χ3n) is 5.34. The smallest absolute Gasteiger partial charge is 0.00504 e. The van der Waals surface area contributed by atoms with Gasteiger partial charge in [0.15, 0.2) is 0 Å². The Morgan fingerprint density at radius 1 is 1.00 bits per heavy atom. The highest BCUT2D eigenvalue weighted by Gasteiger charge is 2.36. The lowest BCUT2D eigenvalue weighted by Gasteiger charge is -2.46. The highest BCUT2D eigenvalue weighted by Crippen LogP contribution is 2.38. The van der Waals surface area contributed by atoms with E-state index in [1.807, 2.05) is 0 Å². The summed E-state index contributed by atoms with van der Waals surface area (Å²) in [6.07, 6.45) is 10.00. The van der Waals surface area contributed by atoms with E-state index in [1.54, 1.807) is 0 Å². The number of hydrogen-bond acceptors (Lipinski definition) is 2. The van der Waals surface area contributed by atoms with Crippen molar-refractivity contribution in [3.05, 3.63) is 0 Å². The number of rotatable bonds is 5. The molecule has 0 atom stereocenters. The maximum atomic E-state index is 3.74. The van der Waals surface area contributed by atoms with Crippen molar-refractivity contribution in [2.24, 2.45) is 10.8 Å². The molecule has 2 nitrogen and oxygen atoms in total. The molecule has 2 rings (SSSR count). The number of hydrogen-bond donors (Lipinski definition) is 1. The van der Waals surface area contributed by atoms with Crippen LogP contribution in [-0.4, -0.2) is 37.1 Å². The van der Waals surface area contributed by atoms with Crippen LogP contribution in [0.4, 0.5) is 0 Å². The molecule has 118 valence electrons. The molecule has 1 aliphatic heterocycles. The molecule has 0 spiro atoms. The standard InChI is InChI=1S/C18H36N2/c1-16(2)19-13-18(10-6-5-7-11-18)15-20-12-8-9-17(3,4)14-20/h16,19H,5-15H2,1-4H3. The van der Waals surface area contributed by atoms with Gasteiger partial charge in [0, 0.05) is 25.7 Å². The van der Waals surface area contributed by atoms with Crippen LogP contribution in [0.25, 0.3) is 0 Å². The van der Waals surface area contributed by atoms with E-state index in [1.165, 1.54) is 71.1 Å². The second-order valence-electron chi connectivity index (χ2n) is 8.57. The molecule has 1 saturated carbocycles. The minimum Gasteiger partial charge on any atom is -0.314 e. The third kappa shape index (κ3) is 4.73. The van der Waals surface area contributed by atoms with Crippen molar-refractivity contribution in [2.45, 2.75) is 78.7 Å². The predicted molar refractivity (Wildman–Crippen MR) is 88.1 cm³/mol. The molecule has 0 unspecified atom stereocenters. The van der Waals surface area contributed by atoms with Crippen LogP contribution in [-0.2, 0) is 0 Å². The van der Waals surface area contributed by atoms with Crippen LogP contribution < -0.4 is 5.32 Å². The highest BCUT2D eigenvalue weighted by atomic mass is 15.1. The van der Waals surface area contributed by atoms with E-state index in [-0.39, 0.29) is 0 Å². The van der Waals surface area contributed by atoms with E-state index in [4.69, 9.17) is 0 Å². The lowest BCUT2D eigenvalue weighted by atomic mass is 9.72. The van der Waals surface area contributed by atoms with Crippen LogP contribution in [0.15, 0.2) is 0 Å². The molecular weight excluding hydrogens is 244 g/mol. The Morgan fingerprint density at radius 2 is 1.70 bits per heavy atom. The zero-order valence-electron chi connectivity index (χ0n) is 14.3. The van der Waals surface area contributed by atoms with Crippen LogP contribution >= 0.6 is 0 Å². The molecule has 2 aliphatic rings. The molecule has 0 bridgehead atoms. The maximum Gasteiger partial charge on any atom is 0.00504 e. The first-order valence-corrected chi connectivity index (χ1v) is 8.87. The van der Waals surface area contributed by atoms with Crippen molar-refractivity contribution in [2.75, 3.05) is 26.2 Å². The van der Waals surface area contributed by atoms with Crippen LogP contribution in [0.5, 0.6) is 0 Å². The fourth-order valence-corrected chi connectivity index (χ4v) is 4.27. The molecule has 1 saturated heterocycles. The summed E-state index contributed by atoms with van der Waals surface area (Å²) < 4.78 is 0. The van der Waals surface area contributed by atoms with Crippen molar-refractivity contribution >= 4 is 0 Å². The molecule has 1 aliphatic carbocycles. The van der Waals surface area contributed by atoms with E-state index >= 15 is 0 Å². The Kier molecular flexibility index (Phi) is 5.53. The van der Waals surface area contributed by atoms with E-state index in [9.17, 15) is 0 Å². The van der Waals surface area contributed by atoms with Gasteiger partial charge < -0.3 is 10.2 Å². The summed E-state index contributed by atoms with van der Waals surface area (Å²) >= 11 is 0. The highest BCUT2D eigenvalue weighted by molar-refractivity contribution is 4.91. The summed E-state index contributed by atoms with van der Waals surface area (Å²) in [6, 6.07) is 0.617. The Hall–Kier alpha value is -0.0800.